The highest BCUT2D eigenvalue weighted by Gasteiger charge is 2.23. The molecule has 0 fully saturated rings. The first-order valence-electron chi connectivity index (χ1n) is 11.8. The molecule has 0 atom stereocenters. The maximum Gasteiger partial charge on any atom is 0.240 e. The van der Waals surface area contributed by atoms with E-state index in [0.29, 0.717) is 5.75 Å². The van der Waals surface area contributed by atoms with Crippen molar-refractivity contribution in [1.29, 1.82) is 0 Å². The lowest BCUT2D eigenvalue weighted by atomic mass is 9.78. The van der Waals surface area contributed by atoms with E-state index in [9.17, 15) is 8.42 Å². The predicted molar refractivity (Wildman–Crippen MR) is 140 cm³/mol. The lowest BCUT2D eigenvalue weighted by molar-refractivity contribution is 0.322. The Labute approximate surface area is 207 Å². The smallest absolute Gasteiger partial charge is 0.240 e. The molecule has 0 bridgehead atoms. The van der Waals surface area contributed by atoms with Crippen molar-refractivity contribution in [3.05, 3.63) is 119 Å². The second-order valence-corrected chi connectivity index (χ2v) is 11.2. The number of hydrogen-bond donors (Lipinski definition) is 1. The maximum atomic E-state index is 12.8. The van der Waals surface area contributed by atoms with Crippen LogP contribution in [0.15, 0.2) is 102 Å². The van der Waals surface area contributed by atoms with Gasteiger partial charge in [-0.3, -0.25) is 0 Å². The Hall–Kier alpha value is -3.41. The fourth-order valence-electron chi connectivity index (χ4n) is 4.71. The summed E-state index contributed by atoms with van der Waals surface area (Å²) < 4.78 is 34.1. The van der Waals surface area contributed by atoms with E-state index in [0.717, 1.165) is 17.5 Å². The van der Waals surface area contributed by atoms with Crippen LogP contribution in [-0.4, -0.2) is 21.6 Å². The molecule has 178 valence electrons. The number of nitrogens with one attached hydrogen (secondary N) is 1. The number of benzene rings is 4. The lowest BCUT2D eigenvalue weighted by Crippen LogP contribution is -2.28. The molecule has 1 aliphatic rings. The van der Waals surface area contributed by atoms with Crippen LogP contribution < -0.4 is 9.46 Å². The summed E-state index contributed by atoms with van der Waals surface area (Å²) in [5.41, 5.74) is 6.90. The quantitative estimate of drug-likeness (QED) is 0.278. The van der Waals surface area contributed by atoms with Crippen molar-refractivity contribution in [3.8, 4) is 16.9 Å². The van der Waals surface area contributed by atoms with Crippen LogP contribution in [0.2, 0.25) is 0 Å². The van der Waals surface area contributed by atoms with Crippen LogP contribution in [0.1, 0.15) is 36.1 Å². The van der Waals surface area contributed by atoms with E-state index in [4.69, 9.17) is 4.74 Å². The number of sulfonamides is 1. The molecular weight excluding hydrogens is 454 g/mol. The fourth-order valence-corrected chi connectivity index (χ4v) is 5.77. The van der Waals surface area contributed by atoms with E-state index < -0.39 is 10.0 Å². The van der Waals surface area contributed by atoms with Gasteiger partial charge >= 0.3 is 0 Å². The van der Waals surface area contributed by atoms with Crippen molar-refractivity contribution in [2.24, 2.45) is 0 Å². The average molecular weight is 484 g/mol. The zero-order valence-electron chi connectivity index (χ0n) is 20.0. The minimum Gasteiger partial charge on any atom is -0.492 e. The third-order valence-corrected chi connectivity index (χ3v) is 8.27. The highest BCUT2D eigenvalue weighted by molar-refractivity contribution is 7.89. The standard InChI is InChI=1S/C30H29NO3S/c1-30(2,24-9-4-3-5-10-24)25-12-14-26(15-13-25)34-19-18-31-35(32,33)27-16-17-29-23(21-27)20-22-8-6-7-11-28(22)29/h3-17,21,31H,18-20H2,1-2H3. The van der Waals surface area contributed by atoms with Crippen molar-refractivity contribution in [2.45, 2.75) is 30.6 Å². The van der Waals surface area contributed by atoms with Gasteiger partial charge in [0.2, 0.25) is 10.0 Å². The molecule has 0 radical (unpaired) electrons. The molecule has 5 heteroatoms. The Morgan fingerprint density at radius 3 is 2.20 bits per heavy atom. The predicted octanol–water partition coefficient (Wildman–Crippen LogP) is 5.94. The minimum atomic E-state index is -3.61. The van der Waals surface area contributed by atoms with Crippen LogP contribution in [-0.2, 0) is 21.9 Å². The monoisotopic (exact) mass is 483 g/mol. The molecule has 5 rings (SSSR count). The normalized spacial score (nSPS) is 12.7. The van der Waals surface area contributed by atoms with E-state index >= 15 is 0 Å². The van der Waals surface area contributed by atoms with Gasteiger partial charge in [0.05, 0.1) is 4.90 Å². The van der Waals surface area contributed by atoms with Gasteiger partial charge in [0, 0.05) is 12.0 Å². The van der Waals surface area contributed by atoms with E-state index in [-0.39, 0.29) is 23.5 Å². The van der Waals surface area contributed by atoms with Crippen LogP contribution in [0.3, 0.4) is 0 Å². The molecular formula is C30H29NO3S. The Balaban J connectivity index is 1.18. The molecule has 1 N–H and O–H groups in total. The first kappa shape index (κ1) is 23.3. The molecule has 0 amide bonds. The molecule has 0 saturated carbocycles. The van der Waals surface area contributed by atoms with E-state index in [1.54, 1.807) is 12.1 Å². The molecule has 0 heterocycles. The lowest BCUT2D eigenvalue weighted by Gasteiger charge is -2.26. The van der Waals surface area contributed by atoms with E-state index in [1.165, 1.54) is 22.3 Å². The Morgan fingerprint density at radius 2 is 1.43 bits per heavy atom. The summed E-state index contributed by atoms with van der Waals surface area (Å²) in [7, 11) is -3.61. The van der Waals surface area contributed by atoms with Gasteiger partial charge in [-0.2, -0.15) is 0 Å². The molecule has 1 aliphatic carbocycles. The minimum absolute atomic E-state index is 0.118. The second kappa shape index (κ2) is 9.33. The molecule has 0 aromatic heterocycles. The summed E-state index contributed by atoms with van der Waals surface area (Å²) in [4.78, 5) is 0.288. The molecule has 4 aromatic rings. The molecule has 0 saturated heterocycles. The number of hydrogen-bond acceptors (Lipinski definition) is 3. The molecule has 4 nitrogen and oxygen atoms in total. The Kier molecular flexibility index (Phi) is 6.22. The Morgan fingerprint density at radius 1 is 0.771 bits per heavy atom. The highest BCUT2D eigenvalue weighted by atomic mass is 32.2. The Bertz CT molecular complexity index is 1440. The van der Waals surface area contributed by atoms with Gasteiger partial charge in [-0.1, -0.05) is 86.6 Å². The zero-order chi connectivity index (χ0) is 24.5. The van der Waals surface area contributed by atoms with Gasteiger partial charge in [0.25, 0.3) is 0 Å². The van der Waals surface area contributed by atoms with Crippen LogP contribution in [0, 0.1) is 0 Å². The maximum absolute atomic E-state index is 12.8. The zero-order valence-corrected chi connectivity index (χ0v) is 20.8. The summed E-state index contributed by atoms with van der Waals surface area (Å²) in [5, 5.41) is 0. The van der Waals surface area contributed by atoms with E-state index in [1.807, 2.05) is 36.4 Å². The van der Waals surface area contributed by atoms with Gasteiger partial charge in [0.15, 0.2) is 0 Å². The average Bonchev–Trinajstić information content (AvgIpc) is 3.25. The topological polar surface area (TPSA) is 55.4 Å². The molecule has 0 unspecified atom stereocenters. The van der Waals surface area contributed by atoms with Crippen molar-refractivity contribution in [2.75, 3.05) is 13.2 Å². The fraction of sp³-hybridized carbons (Fsp3) is 0.200. The SMILES string of the molecule is CC(C)(c1ccccc1)c1ccc(OCCNS(=O)(=O)c2ccc3c(c2)Cc2ccccc2-3)cc1. The van der Waals surface area contributed by atoms with Crippen LogP contribution in [0.25, 0.3) is 11.1 Å². The largest absolute Gasteiger partial charge is 0.492 e. The molecule has 4 aromatic carbocycles. The molecule has 0 aliphatic heterocycles. The summed E-state index contributed by atoms with van der Waals surface area (Å²) >= 11 is 0. The van der Waals surface area contributed by atoms with Gasteiger partial charge in [-0.25, -0.2) is 13.1 Å². The second-order valence-electron chi connectivity index (χ2n) is 9.41. The summed E-state index contributed by atoms with van der Waals surface area (Å²) in [6.07, 6.45) is 0.759. The number of ether oxygens (including phenoxy) is 1. The number of fused-ring (bicyclic) bond motifs is 3. The highest BCUT2D eigenvalue weighted by Crippen LogP contribution is 2.37. The summed E-state index contributed by atoms with van der Waals surface area (Å²) in [6.45, 7) is 4.84. The van der Waals surface area contributed by atoms with Gasteiger partial charge in [-0.15, -0.1) is 0 Å². The van der Waals surface area contributed by atoms with Crippen molar-refractivity contribution in [1.82, 2.24) is 4.72 Å². The van der Waals surface area contributed by atoms with Crippen molar-refractivity contribution in [3.63, 3.8) is 0 Å². The summed E-state index contributed by atoms with van der Waals surface area (Å²) in [5.74, 6) is 0.715. The van der Waals surface area contributed by atoms with Gasteiger partial charge in [-0.05, 0) is 64.1 Å². The van der Waals surface area contributed by atoms with Gasteiger partial charge < -0.3 is 4.74 Å². The first-order valence-corrected chi connectivity index (χ1v) is 13.3. The van der Waals surface area contributed by atoms with Crippen molar-refractivity contribution >= 4 is 10.0 Å². The third-order valence-electron chi connectivity index (χ3n) is 6.81. The van der Waals surface area contributed by atoms with Crippen molar-refractivity contribution < 1.29 is 13.2 Å². The van der Waals surface area contributed by atoms with Crippen LogP contribution in [0.4, 0.5) is 0 Å². The van der Waals surface area contributed by atoms with Crippen LogP contribution in [0.5, 0.6) is 5.75 Å². The van der Waals surface area contributed by atoms with E-state index in [2.05, 4.69) is 67.1 Å². The first-order chi connectivity index (χ1) is 16.8. The number of rotatable bonds is 8. The van der Waals surface area contributed by atoms with Gasteiger partial charge in [0.1, 0.15) is 12.4 Å². The molecule has 0 spiro atoms. The third kappa shape index (κ3) is 4.75. The van der Waals surface area contributed by atoms with Crippen LogP contribution >= 0.6 is 0 Å². The molecule has 35 heavy (non-hydrogen) atoms. The summed E-state index contributed by atoms with van der Waals surface area (Å²) in [6, 6.07) is 32.0.